The zero-order valence-electron chi connectivity index (χ0n) is 7.07. The molecule has 0 aliphatic rings. The first-order valence-corrected chi connectivity index (χ1v) is 3.67. The number of nitrogens with zero attached hydrogens (tertiary/aromatic N) is 3. The van der Waals surface area contributed by atoms with Crippen molar-refractivity contribution in [3.05, 3.63) is 11.6 Å². The van der Waals surface area contributed by atoms with E-state index in [4.69, 9.17) is 0 Å². The highest BCUT2D eigenvalue weighted by atomic mass is 16.4. The Balaban J connectivity index is 2.62. The van der Waals surface area contributed by atoms with Crippen molar-refractivity contribution in [1.82, 2.24) is 14.8 Å². The van der Waals surface area contributed by atoms with Crippen LogP contribution in [0.25, 0.3) is 0 Å². The quantitative estimate of drug-likeness (QED) is 0.582. The van der Waals surface area contributed by atoms with Gasteiger partial charge >= 0.3 is 0 Å². The second-order valence-electron chi connectivity index (χ2n) is 2.55. The molecular weight excluding hydrogens is 158 g/mol. The molecule has 5 heteroatoms. The third-order valence-electron chi connectivity index (χ3n) is 1.49. The van der Waals surface area contributed by atoms with Gasteiger partial charge in [-0.3, -0.25) is 0 Å². The molecule has 0 fully saturated rings. The Bertz CT molecular complexity index is 293. The summed E-state index contributed by atoms with van der Waals surface area (Å²) in [5.74, 6) is 0.321. The molecule has 0 spiro atoms. The lowest BCUT2D eigenvalue weighted by molar-refractivity contribution is -0.306. The maximum absolute atomic E-state index is 10.1. The van der Waals surface area contributed by atoms with Crippen molar-refractivity contribution in [2.75, 3.05) is 0 Å². The second kappa shape index (κ2) is 3.34. The molecule has 0 radical (unpaired) electrons. The third-order valence-corrected chi connectivity index (χ3v) is 1.49. The lowest BCUT2D eigenvalue weighted by Crippen LogP contribution is -2.24. The molecule has 66 valence electrons. The highest BCUT2D eigenvalue weighted by Crippen LogP contribution is 1.96. The van der Waals surface area contributed by atoms with E-state index < -0.39 is 5.97 Å². The summed E-state index contributed by atoms with van der Waals surface area (Å²) in [6, 6.07) is 0. The van der Waals surface area contributed by atoms with Crippen LogP contribution in [-0.2, 0) is 11.3 Å². The van der Waals surface area contributed by atoms with Gasteiger partial charge in [0, 0.05) is 18.9 Å². The number of aryl methyl sites for hydroxylation is 3. The van der Waals surface area contributed by atoms with Crippen molar-refractivity contribution >= 4 is 5.97 Å². The molecule has 1 rings (SSSR count). The summed E-state index contributed by atoms with van der Waals surface area (Å²) in [5, 5.41) is 14.1. The summed E-state index contributed by atoms with van der Waals surface area (Å²) in [6.07, 6.45) is -0.0242. The van der Waals surface area contributed by atoms with Gasteiger partial charge in [-0.15, -0.1) is 0 Å². The molecule has 0 amide bonds. The molecule has 1 aromatic heterocycles. The molecular formula is C7H10N3O2-. The Kier molecular flexibility index (Phi) is 2.42. The SMILES string of the molecule is Cc1nc(C)n(CCC(=O)[O-])n1. The molecule has 5 nitrogen and oxygen atoms in total. The van der Waals surface area contributed by atoms with E-state index in [1.54, 1.807) is 18.5 Å². The van der Waals surface area contributed by atoms with Crippen LogP contribution in [-0.4, -0.2) is 20.7 Å². The summed E-state index contributed by atoms with van der Waals surface area (Å²) in [4.78, 5) is 14.1. The van der Waals surface area contributed by atoms with Gasteiger partial charge in [-0.2, -0.15) is 5.10 Å². The fraction of sp³-hybridized carbons (Fsp3) is 0.571. The summed E-state index contributed by atoms with van der Waals surface area (Å²) in [5.41, 5.74) is 0. The first kappa shape index (κ1) is 8.70. The Hall–Kier alpha value is -1.39. The minimum absolute atomic E-state index is 0.0242. The monoisotopic (exact) mass is 168 g/mol. The van der Waals surface area contributed by atoms with Crippen LogP contribution in [0.4, 0.5) is 0 Å². The number of carbonyl (C=O) groups excluding carboxylic acids is 1. The van der Waals surface area contributed by atoms with E-state index in [0.717, 1.165) is 5.82 Å². The molecule has 0 aliphatic carbocycles. The Labute approximate surface area is 70.0 Å². The van der Waals surface area contributed by atoms with Crippen LogP contribution < -0.4 is 5.11 Å². The smallest absolute Gasteiger partial charge is 0.147 e. The summed E-state index contributed by atoms with van der Waals surface area (Å²) >= 11 is 0. The average Bonchev–Trinajstić information content (AvgIpc) is 2.26. The van der Waals surface area contributed by atoms with Crippen LogP contribution in [0.1, 0.15) is 18.1 Å². The average molecular weight is 168 g/mol. The Morgan fingerprint density at radius 3 is 2.67 bits per heavy atom. The maximum atomic E-state index is 10.1. The summed E-state index contributed by atoms with van der Waals surface area (Å²) in [7, 11) is 0. The minimum Gasteiger partial charge on any atom is -0.550 e. The van der Waals surface area contributed by atoms with Crippen molar-refractivity contribution in [1.29, 1.82) is 0 Å². The van der Waals surface area contributed by atoms with Gasteiger partial charge in [-0.25, -0.2) is 9.67 Å². The van der Waals surface area contributed by atoms with Crippen LogP contribution >= 0.6 is 0 Å². The van der Waals surface area contributed by atoms with Crippen LogP contribution in [0.5, 0.6) is 0 Å². The molecule has 0 aliphatic heterocycles. The van der Waals surface area contributed by atoms with Gasteiger partial charge in [0.05, 0.1) is 0 Å². The number of aromatic nitrogens is 3. The van der Waals surface area contributed by atoms with E-state index in [0.29, 0.717) is 12.4 Å². The first-order chi connectivity index (χ1) is 5.59. The summed E-state index contributed by atoms with van der Waals surface area (Å²) < 4.78 is 1.56. The van der Waals surface area contributed by atoms with Gasteiger partial charge in [-0.05, 0) is 13.8 Å². The molecule has 0 N–H and O–H groups in total. The topological polar surface area (TPSA) is 70.8 Å². The van der Waals surface area contributed by atoms with Gasteiger partial charge in [0.15, 0.2) is 0 Å². The van der Waals surface area contributed by atoms with Crippen LogP contribution in [0.15, 0.2) is 0 Å². The number of aliphatic carboxylic acids is 1. The van der Waals surface area contributed by atoms with Gasteiger partial charge in [0.25, 0.3) is 0 Å². The summed E-state index contributed by atoms with van der Waals surface area (Å²) in [6.45, 7) is 3.88. The molecule has 0 aromatic carbocycles. The maximum Gasteiger partial charge on any atom is 0.147 e. The van der Waals surface area contributed by atoms with Gasteiger partial charge in [0.2, 0.25) is 0 Å². The minimum atomic E-state index is -1.07. The standard InChI is InChI=1S/C7H11N3O2/c1-5-8-6(2)10(9-5)4-3-7(11)12/h3-4H2,1-2H3,(H,11,12)/p-1. The fourth-order valence-electron chi connectivity index (χ4n) is 0.970. The number of carboxylic acids is 1. The van der Waals surface area contributed by atoms with Crippen LogP contribution in [0.2, 0.25) is 0 Å². The zero-order chi connectivity index (χ0) is 9.14. The highest BCUT2D eigenvalue weighted by molar-refractivity contribution is 5.63. The number of hydrogen-bond acceptors (Lipinski definition) is 4. The van der Waals surface area contributed by atoms with E-state index in [-0.39, 0.29) is 6.42 Å². The highest BCUT2D eigenvalue weighted by Gasteiger charge is 2.00. The molecule has 12 heavy (non-hydrogen) atoms. The van der Waals surface area contributed by atoms with Crippen molar-refractivity contribution < 1.29 is 9.90 Å². The zero-order valence-corrected chi connectivity index (χ0v) is 7.07. The van der Waals surface area contributed by atoms with Crippen molar-refractivity contribution in [3.8, 4) is 0 Å². The predicted molar refractivity (Wildman–Crippen MR) is 39.1 cm³/mol. The normalized spacial score (nSPS) is 10.2. The molecule has 1 heterocycles. The molecule has 0 saturated carbocycles. The molecule has 1 aromatic rings. The fourth-order valence-corrected chi connectivity index (χ4v) is 0.970. The lowest BCUT2D eigenvalue weighted by Gasteiger charge is -2.02. The van der Waals surface area contributed by atoms with E-state index in [1.165, 1.54) is 0 Å². The molecule has 0 saturated heterocycles. The molecule has 0 unspecified atom stereocenters. The number of rotatable bonds is 3. The van der Waals surface area contributed by atoms with Gasteiger partial charge in [-0.1, -0.05) is 0 Å². The predicted octanol–water partition coefficient (Wildman–Crippen LogP) is -0.965. The second-order valence-corrected chi connectivity index (χ2v) is 2.55. The Morgan fingerprint density at radius 1 is 1.58 bits per heavy atom. The van der Waals surface area contributed by atoms with E-state index in [1.807, 2.05) is 0 Å². The molecule has 0 bridgehead atoms. The third kappa shape index (κ3) is 2.05. The van der Waals surface area contributed by atoms with Crippen molar-refractivity contribution in [2.24, 2.45) is 0 Å². The van der Waals surface area contributed by atoms with E-state index >= 15 is 0 Å². The largest absolute Gasteiger partial charge is 0.550 e. The van der Waals surface area contributed by atoms with E-state index in [9.17, 15) is 9.90 Å². The van der Waals surface area contributed by atoms with Crippen LogP contribution in [0.3, 0.4) is 0 Å². The van der Waals surface area contributed by atoms with Gasteiger partial charge in [0.1, 0.15) is 11.6 Å². The first-order valence-electron chi connectivity index (χ1n) is 3.67. The van der Waals surface area contributed by atoms with Gasteiger partial charge < -0.3 is 9.90 Å². The van der Waals surface area contributed by atoms with E-state index in [2.05, 4.69) is 10.1 Å². The van der Waals surface area contributed by atoms with Crippen LogP contribution in [0, 0.1) is 13.8 Å². The Morgan fingerprint density at radius 2 is 2.25 bits per heavy atom. The number of hydrogen-bond donors (Lipinski definition) is 0. The van der Waals surface area contributed by atoms with Crippen molar-refractivity contribution in [3.63, 3.8) is 0 Å². The molecule has 0 atom stereocenters. The number of carboxylic acid groups (broad SMARTS) is 1. The number of carbonyl (C=O) groups is 1. The lowest BCUT2D eigenvalue weighted by atomic mass is 10.4. The van der Waals surface area contributed by atoms with Crippen molar-refractivity contribution in [2.45, 2.75) is 26.8 Å².